The zero-order valence-electron chi connectivity index (χ0n) is 32.4. The van der Waals surface area contributed by atoms with Crippen LogP contribution in [0.4, 0.5) is 34.1 Å². The van der Waals surface area contributed by atoms with Crippen molar-refractivity contribution in [3.8, 4) is 33.8 Å². The van der Waals surface area contributed by atoms with Gasteiger partial charge in [-0.05, 0) is 111 Å². The predicted molar refractivity (Wildman–Crippen MR) is 233 cm³/mol. The van der Waals surface area contributed by atoms with Gasteiger partial charge in [0.2, 0.25) is 0 Å². The van der Waals surface area contributed by atoms with Crippen molar-refractivity contribution in [1.82, 2.24) is 0 Å². The highest BCUT2D eigenvalue weighted by molar-refractivity contribution is 6.01. The molecule has 0 fully saturated rings. The molecular weight excluding hydrogens is 681 g/mol. The minimum atomic E-state index is -0.278. The van der Waals surface area contributed by atoms with E-state index in [2.05, 4.69) is 208 Å². The minimum absolute atomic E-state index is 0.105. The molecule has 2 aliphatic heterocycles. The fourth-order valence-corrected chi connectivity index (χ4v) is 10.0. The second kappa shape index (κ2) is 11.7. The Hall–Kier alpha value is -6.58. The molecule has 0 spiro atoms. The normalized spacial score (nSPS) is 14.9. The number of nitrogens with zero attached hydrogens (tertiary/aromatic N) is 2. The molecule has 56 heavy (non-hydrogen) atoms. The van der Waals surface area contributed by atoms with Gasteiger partial charge in [-0.3, -0.25) is 0 Å². The van der Waals surface area contributed by atoms with Crippen LogP contribution in [0.5, 0.6) is 11.5 Å². The fraction of sp³-hybridized carbons (Fsp3) is 0.132. The third kappa shape index (κ3) is 4.52. The summed E-state index contributed by atoms with van der Waals surface area (Å²) in [4.78, 5) is 4.89. The number of hydrogen-bond donors (Lipinski definition) is 0. The summed E-state index contributed by atoms with van der Waals surface area (Å²) in [7, 11) is 0. The van der Waals surface area contributed by atoms with Gasteiger partial charge in [-0.25, -0.2) is 0 Å². The molecule has 0 aromatic heterocycles. The lowest BCUT2D eigenvalue weighted by molar-refractivity contribution is 0.471. The Kier molecular flexibility index (Phi) is 6.86. The third-order valence-electron chi connectivity index (χ3n) is 12.7. The summed E-state index contributed by atoms with van der Waals surface area (Å²) in [6.45, 7) is 11.6. The van der Waals surface area contributed by atoms with Crippen LogP contribution < -0.4 is 14.5 Å². The molecule has 1 aliphatic carbocycles. The maximum atomic E-state index is 6.71. The van der Waals surface area contributed by atoms with E-state index < -0.39 is 0 Å². The van der Waals surface area contributed by atoms with Crippen molar-refractivity contribution in [3.05, 3.63) is 192 Å². The Bertz CT molecular complexity index is 2910. The lowest BCUT2D eigenvalue weighted by Crippen LogP contribution is -2.33. The van der Waals surface area contributed by atoms with E-state index in [0.717, 1.165) is 39.9 Å². The van der Waals surface area contributed by atoms with Crippen LogP contribution in [0.3, 0.4) is 0 Å². The van der Waals surface area contributed by atoms with E-state index in [1.54, 1.807) is 0 Å². The predicted octanol–water partition coefficient (Wildman–Crippen LogP) is 14.8. The average Bonchev–Trinajstić information content (AvgIpc) is 3.45. The van der Waals surface area contributed by atoms with Crippen molar-refractivity contribution < 1.29 is 4.74 Å². The molecule has 11 rings (SSSR count). The summed E-state index contributed by atoms with van der Waals surface area (Å²) >= 11 is 0. The fourth-order valence-electron chi connectivity index (χ4n) is 10.0. The number of fused-ring (bicyclic) bond motifs is 8. The van der Waals surface area contributed by atoms with Crippen LogP contribution in [0, 0.1) is 6.92 Å². The van der Waals surface area contributed by atoms with E-state index in [9.17, 15) is 0 Å². The molecule has 8 aromatic carbocycles. The van der Waals surface area contributed by atoms with Crippen LogP contribution >= 0.6 is 0 Å². The SMILES string of the molecule is Cc1cccc2c1N1c3ccccc3C(C)(C)c3c(-c4ccc(N(c5ccc6c(c5)C(C)(C)c5ccccc5-6)c5cccc6ccccc56)cc4)ccc(c31)O2. The van der Waals surface area contributed by atoms with Crippen molar-refractivity contribution >= 4 is 44.9 Å². The Morgan fingerprint density at radius 2 is 1.16 bits per heavy atom. The maximum absolute atomic E-state index is 6.71. The molecule has 0 bridgehead atoms. The minimum Gasteiger partial charge on any atom is -0.453 e. The summed E-state index contributed by atoms with van der Waals surface area (Å²) in [5.41, 5.74) is 18.1. The lowest BCUT2D eigenvalue weighted by atomic mass is 9.70. The molecule has 0 saturated carbocycles. The van der Waals surface area contributed by atoms with E-state index >= 15 is 0 Å². The maximum Gasteiger partial charge on any atom is 0.151 e. The van der Waals surface area contributed by atoms with E-state index in [1.165, 1.54) is 66.5 Å². The first-order valence-corrected chi connectivity index (χ1v) is 19.7. The zero-order chi connectivity index (χ0) is 37.9. The molecular formula is C53H42N2O. The Morgan fingerprint density at radius 3 is 2.02 bits per heavy atom. The summed E-state index contributed by atoms with van der Waals surface area (Å²) in [5.74, 6) is 1.78. The Labute approximate surface area is 329 Å². The second-order valence-electron chi connectivity index (χ2n) is 16.6. The van der Waals surface area contributed by atoms with E-state index in [0.29, 0.717) is 0 Å². The second-order valence-corrected chi connectivity index (χ2v) is 16.6. The molecule has 0 N–H and O–H groups in total. The molecule has 270 valence electrons. The van der Waals surface area contributed by atoms with Gasteiger partial charge in [0.25, 0.3) is 0 Å². The van der Waals surface area contributed by atoms with Crippen molar-refractivity contribution in [3.63, 3.8) is 0 Å². The van der Waals surface area contributed by atoms with E-state index in [4.69, 9.17) is 4.74 Å². The van der Waals surface area contributed by atoms with Gasteiger partial charge in [0.15, 0.2) is 11.5 Å². The first-order chi connectivity index (χ1) is 27.2. The molecule has 2 heterocycles. The van der Waals surface area contributed by atoms with Gasteiger partial charge in [-0.2, -0.15) is 0 Å². The first-order valence-electron chi connectivity index (χ1n) is 19.7. The van der Waals surface area contributed by atoms with Crippen LogP contribution in [0.15, 0.2) is 164 Å². The quantitative estimate of drug-likeness (QED) is 0.180. The molecule has 8 aromatic rings. The van der Waals surface area contributed by atoms with Crippen molar-refractivity contribution in [2.75, 3.05) is 9.80 Å². The molecule has 3 aliphatic rings. The van der Waals surface area contributed by atoms with Gasteiger partial charge in [0, 0.05) is 27.6 Å². The Morgan fingerprint density at radius 1 is 0.500 bits per heavy atom. The highest BCUT2D eigenvalue weighted by atomic mass is 16.5. The standard InChI is InChI=1S/C53H42N2O/c1-33-14-12-23-47-50(33)55-46-21-11-10-20-43(46)53(4,5)49-39(30-31-48(56-47)51(49)55)35-24-26-36(27-25-35)54(45-22-13-16-34-15-6-7-17-38(34)45)37-28-29-41-40-18-8-9-19-42(40)52(2,3)44(41)32-37/h6-32H,1-5H3. The zero-order valence-corrected chi connectivity index (χ0v) is 32.4. The van der Waals surface area contributed by atoms with Gasteiger partial charge in [-0.15, -0.1) is 0 Å². The monoisotopic (exact) mass is 722 g/mol. The van der Waals surface area contributed by atoms with Crippen molar-refractivity contribution in [2.45, 2.75) is 45.4 Å². The smallest absolute Gasteiger partial charge is 0.151 e. The van der Waals surface area contributed by atoms with Crippen LogP contribution in [0.2, 0.25) is 0 Å². The van der Waals surface area contributed by atoms with Crippen LogP contribution in [-0.2, 0) is 10.8 Å². The molecule has 3 heteroatoms. The van der Waals surface area contributed by atoms with Crippen LogP contribution in [-0.4, -0.2) is 0 Å². The van der Waals surface area contributed by atoms with Crippen LogP contribution in [0.25, 0.3) is 33.0 Å². The average molecular weight is 723 g/mol. The topological polar surface area (TPSA) is 15.7 Å². The van der Waals surface area contributed by atoms with Gasteiger partial charge in [0.05, 0.1) is 22.7 Å². The van der Waals surface area contributed by atoms with Gasteiger partial charge < -0.3 is 14.5 Å². The van der Waals surface area contributed by atoms with Crippen molar-refractivity contribution in [2.24, 2.45) is 0 Å². The number of ether oxygens (including phenoxy) is 1. The molecule has 0 unspecified atom stereocenters. The highest BCUT2D eigenvalue weighted by Crippen LogP contribution is 2.62. The van der Waals surface area contributed by atoms with Crippen LogP contribution in [0.1, 0.15) is 55.5 Å². The van der Waals surface area contributed by atoms with E-state index in [1.807, 2.05) is 0 Å². The summed E-state index contributed by atoms with van der Waals surface area (Å²) in [5, 5.41) is 2.44. The first kappa shape index (κ1) is 32.8. The number of para-hydroxylation sites is 2. The molecule has 0 saturated heterocycles. The Balaban J connectivity index is 1.08. The summed E-state index contributed by atoms with van der Waals surface area (Å²) in [6.07, 6.45) is 0. The van der Waals surface area contributed by atoms with Crippen molar-refractivity contribution in [1.29, 1.82) is 0 Å². The number of aryl methyl sites for hydroxylation is 1. The third-order valence-corrected chi connectivity index (χ3v) is 12.7. The van der Waals surface area contributed by atoms with Gasteiger partial charge >= 0.3 is 0 Å². The van der Waals surface area contributed by atoms with Gasteiger partial charge in [0.1, 0.15) is 0 Å². The molecule has 0 radical (unpaired) electrons. The number of benzene rings is 8. The number of rotatable bonds is 4. The van der Waals surface area contributed by atoms with E-state index in [-0.39, 0.29) is 10.8 Å². The highest BCUT2D eigenvalue weighted by Gasteiger charge is 2.43. The molecule has 0 atom stereocenters. The van der Waals surface area contributed by atoms with Gasteiger partial charge in [-0.1, -0.05) is 143 Å². The largest absolute Gasteiger partial charge is 0.453 e. The lowest BCUT2D eigenvalue weighted by Gasteiger charge is -2.46. The molecule has 0 amide bonds. The summed E-state index contributed by atoms with van der Waals surface area (Å²) < 4.78 is 6.71. The number of hydrogen-bond acceptors (Lipinski definition) is 3. The molecule has 3 nitrogen and oxygen atoms in total. The summed E-state index contributed by atoms with van der Waals surface area (Å²) in [6, 6.07) is 60.1. The number of anilines is 6.